The fourth-order valence-electron chi connectivity index (χ4n) is 1.49. The van der Waals surface area contributed by atoms with E-state index in [1.807, 2.05) is 0 Å². The van der Waals surface area contributed by atoms with Crippen LogP contribution in [0.15, 0.2) is 24.3 Å². The van der Waals surface area contributed by atoms with Crippen LogP contribution in [0.25, 0.3) is 0 Å². The lowest BCUT2D eigenvalue weighted by Gasteiger charge is -2.13. The van der Waals surface area contributed by atoms with Gasteiger partial charge in [0.2, 0.25) is 0 Å². The highest BCUT2D eigenvalue weighted by molar-refractivity contribution is 5.85. The fraction of sp³-hybridized carbons (Fsp3) is 0.455. The average Bonchev–Trinajstić information content (AvgIpc) is 2.17. The normalized spacial score (nSPS) is 12.0. The summed E-state index contributed by atoms with van der Waals surface area (Å²) in [5, 5.41) is 10.4. The smallest absolute Gasteiger partial charge is 0.269 e. The van der Waals surface area contributed by atoms with Crippen LogP contribution in [0.4, 0.5) is 5.69 Å². The third-order valence-electron chi connectivity index (χ3n) is 2.26. The molecular weight excluding hydrogens is 228 g/mol. The van der Waals surface area contributed by atoms with Crippen molar-refractivity contribution < 1.29 is 4.92 Å². The summed E-state index contributed by atoms with van der Waals surface area (Å²) >= 11 is 0. The van der Waals surface area contributed by atoms with Gasteiger partial charge < -0.3 is 5.73 Å². The molecular formula is C11H17ClN2O2. The molecule has 5 heteroatoms. The van der Waals surface area contributed by atoms with E-state index in [1.54, 1.807) is 12.1 Å². The van der Waals surface area contributed by atoms with Crippen molar-refractivity contribution in [2.45, 2.75) is 26.3 Å². The standard InChI is InChI=1S/C11H16N2O2.ClH/c1-8(2)7-11(12)9-3-5-10(6-4-9)13(14)15;/h3-6,8,11H,7,12H2,1-2H3;1H/t11-;/m0./s1. The highest BCUT2D eigenvalue weighted by Crippen LogP contribution is 2.21. The molecule has 2 N–H and O–H groups in total. The average molecular weight is 245 g/mol. The zero-order valence-electron chi connectivity index (χ0n) is 9.42. The van der Waals surface area contributed by atoms with Crippen LogP contribution in [0.3, 0.4) is 0 Å². The Morgan fingerprint density at radius 1 is 1.31 bits per heavy atom. The summed E-state index contributed by atoms with van der Waals surface area (Å²) in [6, 6.07) is 6.41. The van der Waals surface area contributed by atoms with Crippen molar-refractivity contribution in [3.8, 4) is 0 Å². The van der Waals surface area contributed by atoms with E-state index in [0.29, 0.717) is 5.92 Å². The molecule has 1 rings (SSSR count). The molecule has 0 saturated carbocycles. The van der Waals surface area contributed by atoms with E-state index in [0.717, 1.165) is 12.0 Å². The number of hydrogen-bond acceptors (Lipinski definition) is 3. The molecule has 0 radical (unpaired) electrons. The van der Waals surface area contributed by atoms with Crippen molar-refractivity contribution in [2.75, 3.05) is 0 Å². The lowest BCUT2D eigenvalue weighted by Crippen LogP contribution is -2.12. The lowest BCUT2D eigenvalue weighted by molar-refractivity contribution is -0.384. The van der Waals surface area contributed by atoms with Gasteiger partial charge in [0.1, 0.15) is 0 Å². The van der Waals surface area contributed by atoms with Crippen LogP contribution in [0.5, 0.6) is 0 Å². The van der Waals surface area contributed by atoms with Crippen molar-refractivity contribution in [1.82, 2.24) is 0 Å². The van der Waals surface area contributed by atoms with Crippen molar-refractivity contribution in [1.29, 1.82) is 0 Å². The first-order valence-corrected chi connectivity index (χ1v) is 5.00. The maximum absolute atomic E-state index is 10.4. The van der Waals surface area contributed by atoms with E-state index in [-0.39, 0.29) is 24.1 Å². The van der Waals surface area contributed by atoms with Gasteiger partial charge in [0, 0.05) is 18.2 Å². The second-order valence-electron chi connectivity index (χ2n) is 4.08. The molecule has 0 unspecified atom stereocenters. The van der Waals surface area contributed by atoms with Gasteiger partial charge in [0.05, 0.1) is 4.92 Å². The summed E-state index contributed by atoms with van der Waals surface area (Å²) in [7, 11) is 0. The van der Waals surface area contributed by atoms with E-state index in [1.165, 1.54) is 12.1 Å². The Labute approximate surface area is 101 Å². The molecule has 0 aliphatic rings. The van der Waals surface area contributed by atoms with Crippen molar-refractivity contribution in [3.63, 3.8) is 0 Å². The number of nitrogens with two attached hydrogens (primary N) is 1. The van der Waals surface area contributed by atoms with E-state index in [9.17, 15) is 10.1 Å². The number of hydrogen-bond donors (Lipinski definition) is 1. The maximum atomic E-state index is 10.4. The SMILES string of the molecule is CC(C)C[C@H](N)c1ccc([N+](=O)[O-])cc1.Cl. The van der Waals surface area contributed by atoms with Gasteiger partial charge >= 0.3 is 0 Å². The van der Waals surface area contributed by atoms with Crippen LogP contribution in [0.2, 0.25) is 0 Å². The molecule has 0 bridgehead atoms. The Morgan fingerprint density at radius 3 is 2.19 bits per heavy atom. The number of nitrogens with zero attached hydrogens (tertiary/aromatic N) is 1. The van der Waals surface area contributed by atoms with Crippen molar-refractivity contribution in [3.05, 3.63) is 39.9 Å². The minimum atomic E-state index is -0.405. The predicted molar refractivity (Wildman–Crippen MR) is 66.7 cm³/mol. The monoisotopic (exact) mass is 244 g/mol. The van der Waals surface area contributed by atoms with Gasteiger partial charge in [-0.15, -0.1) is 12.4 Å². The van der Waals surface area contributed by atoms with Crippen molar-refractivity contribution in [2.24, 2.45) is 11.7 Å². The largest absolute Gasteiger partial charge is 0.324 e. The maximum Gasteiger partial charge on any atom is 0.269 e. The first-order valence-electron chi connectivity index (χ1n) is 5.00. The molecule has 16 heavy (non-hydrogen) atoms. The molecule has 0 aliphatic carbocycles. The van der Waals surface area contributed by atoms with Gasteiger partial charge in [-0.25, -0.2) is 0 Å². The molecule has 1 atom stereocenters. The van der Waals surface area contributed by atoms with Gasteiger partial charge in [-0.05, 0) is 17.9 Å². The molecule has 0 saturated heterocycles. The summed E-state index contributed by atoms with van der Waals surface area (Å²) in [5.41, 5.74) is 7.01. The second-order valence-corrected chi connectivity index (χ2v) is 4.08. The van der Waals surface area contributed by atoms with Crippen LogP contribution in [0.1, 0.15) is 31.9 Å². The number of nitro groups is 1. The second kappa shape index (κ2) is 6.45. The molecule has 0 amide bonds. The highest BCUT2D eigenvalue weighted by atomic mass is 35.5. The number of non-ortho nitro benzene ring substituents is 1. The third-order valence-corrected chi connectivity index (χ3v) is 2.26. The minimum absolute atomic E-state index is 0. The van der Waals surface area contributed by atoms with Gasteiger partial charge in [-0.3, -0.25) is 10.1 Å². The first-order chi connectivity index (χ1) is 7.00. The van der Waals surface area contributed by atoms with Crippen LogP contribution in [0, 0.1) is 16.0 Å². The zero-order valence-corrected chi connectivity index (χ0v) is 10.2. The van der Waals surface area contributed by atoms with Gasteiger partial charge in [-0.2, -0.15) is 0 Å². The number of halogens is 1. The molecule has 0 fully saturated rings. The Bertz CT molecular complexity index is 338. The summed E-state index contributed by atoms with van der Waals surface area (Å²) in [6.07, 6.45) is 0.887. The zero-order chi connectivity index (χ0) is 11.4. The Morgan fingerprint density at radius 2 is 1.81 bits per heavy atom. The van der Waals surface area contributed by atoms with Gasteiger partial charge in [-0.1, -0.05) is 26.0 Å². The highest BCUT2D eigenvalue weighted by Gasteiger charge is 2.10. The van der Waals surface area contributed by atoms with E-state index in [4.69, 9.17) is 5.73 Å². The summed E-state index contributed by atoms with van der Waals surface area (Å²) in [4.78, 5) is 10.0. The van der Waals surface area contributed by atoms with Crippen LogP contribution < -0.4 is 5.73 Å². The predicted octanol–water partition coefficient (Wildman–Crippen LogP) is 3.06. The van der Waals surface area contributed by atoms with Crippen molar-refractivity contribution >= 4 is 18.1 Å². The topological polar surface area (TPSA) is 69.2 Å². The summed E-state index contributed by atoms with van der Waals surface area (Å²) < 4.78 is 0. The van der Waals surface area contributed by atoms with Crippen LogP contribution >= 0.6 is 12.4 Å². The van der Waals surface area contributed by atoms with Crippen LogP contribution in [-0.4, -0.2) is 4.92 Å². The molecule has 4 nitrogen and oxygen atoms in total. The number of nitro benzene ring substituents is 1. The Kier molecular flexibility index (Phi) is 6.00. The Hall–Kier alpha value is -1.13. The van der Waals surface area contributed by atoms with E-state index < -0.39 is 4.92 Å². The molecule has 0 heterocycles. The quantitative estimate of drug-likeness (QED) is 0.654. The molecule has 0 aromatic heterocycles. The van der Waals surface area contributed by atoms with Gasteiger partial charge in [0.15, 0.2) is 0 Å². The summed E-state index contributed by atoms with van der Waals surface area (Å²) in [5.74, 6) is 0.523. The lowest BCUT2D eigenvalue weighted by atomic mass is 9.98. The number of rotatable bonds is 4. The van der Waals surface area contributed by atoms with Gasteiger partial charge in [0.25, 0.3) is 5.69 Å². The summed E-state index contributed by atoms with van der Waals surface area (Å²) in [6.45, 7) is 4.20. The Balaban J connectivity index is 0.00000225. The van der Waals surface area contributed by atoms with Crippen LogP contribution in [-0.2, 0) is 0 Å². The molecule has 1 aromatic carbocycles. The van der Waals surface area contributed by atoms with E-state index >= 15 is 0 Å². The molecule has 1 aromatic rings. The fourth-order valence-corrected chi connectivity index (χ4v) is 1.49. The minimum Gasteiger partial charge on any atom is -0.324 e. The third kappa shape index (κ3) is 4.16. The van der Waals surface area contributed by atoms with E-state index in [2.05, 4.69) is 13.8 Å². The molecule has 0 spiro atoms. The number of benzene rings is 1. The molecule has 0 aliphatic heterocycles. The molecule has 90 valence electrons. The first kappa shape index (κ1) is 14.9.